The Morgan fingerprint density at radius 2 is 1.70 bits per heavy atom. The highest BCUT2D eigenvalue weighted by atomic mass is 35.5. The van der Waals surface area contributed by atoms with Gasteiger partial charge in [0.2, 0.25) is 5.88 Å². The zero-order valence-electron chi connectivity index (χ0n) is 25.2. The summed E-state index contributed by atoms with van der Waals surface area (Å²) in [6, 6.07) is 6.37. The van der Waals surface area contributed by atoms with Crippen molar-refractivity contribution in [3.8, 4) is 28.3 Å². The topological polar surface area (TPSA) is 136 Å². The highest BCUT2D eigenvalue weighted by Gasteiger charge is 2.41. The van der Waals surface area contributed by atoms with Gasteiger partial charge in [-0.3, -0.25) is 23.9 Å². The van der Waals surface area contributed by atoms with Crippen LogP contribution in [0.5, 0.6) is 5.88 Å². The van der Waals surface area contributed by atoms with Crippen molar-refractivity contribution in [2.75, 3.05) is 25.5 Å². The minimum Gasteiger partial charge on any atom is -0.481 e. The second kappa shape index (κ2) is 12.2. The number of amides is 1. The van der Waals surface area contributed by atoms with Crippen molar-refractivity contribution in [1.29, 1.82) is 0 Å². The van der Waals surface area contributed by atoms with Gasteiger partial charge < -0.3 is 19.7 Å². The second-order valence-corrected chi connectivity index (χ2v) is 12.2. The van der Waals surface area contributed by atoms with Gasteiger partial charge in [0.05, 0.1) is 34.5 Å². The number of carbonyl (C=O) groups excluding carboxylic acids is 1. The summed E-state index contributed by atoms with van der Waals surface area (Å²) in [6.45, 7) is 0.843. The van der Waals surface area contributed by atoms with E-state index in [1.54, 1.807) is 6.07 Å². The lowest BCUT2D eigenvalue weighted by Gasteiger charge is -2.41. The fourth-order valence-corrected chi connectivity index (χ4v) is 6.81. The number of benzene rings is 2. The van der Waals surface area contributed by atoms with Crippen molar-refractivity contribution in [3.05, 3.63) is 95.7 Å². The molecule has 2 aromatic carbocycles. The van der Waals surface area contributed by atoms with Crippen LogP contribution in [-0.2, 0) is 25.3 Å². The number of hydrogen-bond donors (Lipinski definition) is 2. The monoisotopic (exact) mass is 685 g/mol. The molecular formula is C32H27Cl2F2N5O6. The first-order valence-electron chi connectivity index (χ1n) is 14.4. The number of fused-ring (bicyclic) bond motifs is 1. The van der Waals surface area contributed by atoms with Crippen molar-refractivity contribution >= 4 is 40.8 Å². The van der Waals surface area contributed by atoms with Gasteiger partial charge in [-0.05, 0) is 48.7 Å². The predicted octanol–water partition coefficient (Wildman–Crippen LogP) is 4.66. The van der Waals surface area contributed by atoms with E-state index in [0.29, 0.717) is 31.1 Å². The lowest BCUT2D eigenvalue weighted by molar-refractivity contribution is -0.148. The molecule has 1 fully saturated rings. The molecule has 244 valence electrons. The lowest BCUT2D eigenvalue weighted by Crippen LogP contribution is -2.51. The second-order valence-electron chi connectivity index (χ2n) is 11.5. The zero-order chi connectivity index (χ0) is 33.9. The fraction of sp³-hybridized carbons (Fsp3) is 0.281. The number of hydrogen-bond acceptors (Lipinski definition) is 7. The third-order valence-corrected chi connectivity index (χ3v) is 9.46. The van der Waals surface area contributed by atoms with Crippen LogP contribution < -0.4 is 21.3 Å². The summed E-state index contributed by atoms with van der Waals surface area (Å²) in [4.78, 5) is 55.7. The molecule has 2 aliphatic rings. The summed E-state index contributed by atoms with van der Waals surface area (Å²) in [5, 5.41) is 11.2. The molecule has 3 heterocycles. The van der Waals surface area contributed by atoms with Crippen LogP contribution in [-0.4, -0.2) is 56.2 Å². The number of ether oxygens (including phenoxy) is 1. The molecule has 2 aromatic heterocycles. The van der Waals surface area contributed by atoms with E-state index in [1.807, 2.05) is 0 Å². The number of anilines is 1. The molecule has 11 nitrogen and oxygen atoms in total. The van der Waals surface area contributed by atoms with E-state index in [4.69, 9.17) is 27.9 Å². The standard InChI is InChI=1S/C32H27Cl2F2N5O6/c1-39-13-17(30(43)40(2)32(39)46)28(42)37-20-8-7-19(36)25(27(20)34)24-18(35)6-5-16(26(24)33)21-10-14-4-9-22(23(14)29(38-21)47-3)41-11-15(12-41)31(44)45/h5-8,10,13,15,22H,4,9,11-12H2,1-3H3,(H,37,42)(H,44,45)/t22-/m1/s1. The molecule has 6 rings (SSSR count). The van der Waals surface area contributed by atoms with Crippen molar-refractivity contribution < 1.29 is 28.2 Å². The molecule has 1 aliphatic heterocycles. The number of carbonyl (C=O) groups is 2. The minimum atomic E-state index is -0.930. The van der Waals surface area contributed by atoms with E-state index in [0.717, 1.165) is 51.1 Å². The van der Waals surface area contributed by atoms with E-state index in [-0.39, 0.29) is 38.5 Å². The maximum absolute atomic E-state index is 15.5. The molecule has 0 bridgehead atoms. The first kappa shape index (κ1) is 32.4. The third kappa shape index (κ3) is 5.47. The van der Waals surface area contributed by atoms with Gasteiger partial charge in [-0.25, -0.2) is 18.6 Å². The molecule has 2 N–H and O–H groups in total. The molecule has 1 amide bonds. The molecule has 1 aliphatic carbocycles. The summed E-state index contributed by atoms with van der Waals surface area (Å²) in [5.41, 5.74) is -0.446. The quantitative estimate of drug-likeness (QED) is 0.287. The molecule has 0 saturated carbocycles. The van der Waals surface area contributed by atoms with Crippen LogP contribution in [0.4, 0.5) is 14.5 Å². The van der Waals surface area contributed by atoms with Crippen LogP contribution >= 0.6 is 23.2 Å². The Labute approximate surface area is 275 Å². The first-order chi connectivity index (χ1) is 22.3. The van der Waals surface area contributed by atoms with Gasteiger partial charge in [0.15, 0.2) is 0 Å². The van der Waals surface area contributed by atoms with Crippen molar-refractivity contribution in [2.45, 2.75) is 18.9 Å². The molecular weight excluding hydrogens is 659 g/mol. The number of nitrogens with zero attached hydrogens (tertiary/aromatic N) is 4. The fourth-order valence-electron chi connectivity index (χ4n) is 6.18. The number of rotatable bonds is 7. The SMILES string of the molecule is COc1nc(-c2ccc(F)c(-c3c(F)ccc(NC(=O)c4cn(C)c(=O)n(C)c4=O)c3Cl)c2Cl)cc2c1[C@H](N1CC(C(=O)O)C1)CC2. The van der Waals surface area contributed by atoms with Gasteiger partial charge >= 0.3 is 11.7 Å². The Hall–Kier alpha value is -4.59. The molecule has 1 atom stereocenters. The van der Waals surface area contributed by atoms with Crippen LogP contribution in [0.1, 0.15) is 33.9 Å². The average Bonchev–Trinajstić information content (AvgIpc) is 3.43. The number of pyridine rings is 1. The summed E-state index contributed by atoms with van der Waals surface area (Å²) < 4.78 is 38.4. The molecule has 47 heavy (non-hydrogen) atoms. The summed E-state index contributed by atoms with van der Waals surface area (Å²) in [7, 11) is 4.05. The molecule has 0 radical (unpaired) electrons. The number of halogens is 4. The number of aryl methyl sites for hydroxylation is 2. The van der Waals surface area contributed by atoms with Crippen LogP contribution in [0.25, 0.3) is 22.4 Å². The number of nitrogens with one attached hydrogen (secondary N) is 1. The number of methoxy groups -OCH3 is 1. The van der Waals surface area contributed by atoms with Gasteiger partial charge in [0.25, 0.3) is 11.5 Å². The maximum Gasteiger partial charge on any atom is 0.330 e. The lowest BCUT2D eigenvalue weighted by atomic mass is 9.95. The number of carboxylic acid groups (broad SMARTS) is 1. The Morgan fingerprint density at radius 1 is 1.04 bits per heavy atom. The molecule has 0 spiro atoms. The number of aliphatic carboxylic acids is 1. The van der Waals surface area contributed by atoms with Crippen molar-refractivity contribution in [3.63, 3.8) is 0 Å². The maximum atomic E-state index is 15.5. The molecule has 4 aromatic rings. The smallest absolute Gasteiger partial charge is 0.330 e. The van der Waals surface area contributed by atoms with Gasteiger partial charge in [-0.1, -0.05) is 23.2 Å². The molecule has 1 saturated heterocycles. The first-order valence-corrected chi connectivity index (χ1v) is 15.2. The van der Waals surface area contributed by atoms with Gasteiger partial charge in [0.1, 0.15) is 17.2 Å². The third-order valence-electron chi connectivity index (χ3n) is 8.67. The van der Waals surface area contributed by atoms with Crippen LogP contribution in [0.3, 0.4) is 0 Å². The Morgan fingerprint density at radius 3 is 2.36 bits per heavy atom. The van der Waals surface area contributed by atoms with Crippen LogP contribution in [0, 0.1) is 17.6 Å². The summed E-state index contributed by atoms with van der Waals surface area (Å²) in [5.74, 6) is -3.69. The van der Waals surface area contributed by atoms with Gasteiger partial charge in [-0.2, -0.15) is 0 Å². The summed E-state index contributed by atoms with van der Waals surface area (Å²) >= 11 is 13.4. The van der Waals surface area contributed by atoms with E-state index in [1.165, 1.54) is 27.3 Å². The number of likely N-dealkylation sites (tertiary alicyclic amines) is 1. The highest BCUT2D eigenvalue weighted by molar-refractivity contribution is 6.39. The normalized spacial score (nSPS) is 16.1. The van der Waals surface area contributed by atoms with Crippen LogP contribution in [0.2, 0.25) is 10.0 Å². The largest absolute Gasteiger partial charge is 0.481 e. The molecule has 0 unspecified atom stereocenters. The average molecular weight is 686 g/mol. The van der Waals surface area contributed by atoms with E-state index in [9.17, 15) is 24.3 Å². The van der Waals surface area contributed by atoms with E-state index < -0.39 is 46.2 Å². The Kier molecular flexibility index (Phi) is 8.41. The van der Waals surface area contributed by atoms with Crippen LogP contribution in [0.15, 0.2) is 46.1 Å². The van der Waals surface area contributed by atoms with E-state index in [2.05, 4.69) is 15.2 Å². The van der Waals surface area contributed by atoms with E-state index >= 15 is 8.78 Å². The Bertz CT molecular complexity index is 2110. The van der Waals surface area contributed by atoms with Gasteiger partial charge in [0, 0.05) is 61.7 Å². The van der Waals surface area contributed by atoms with Crippen molar-refractivity contribution in [1.82, 2.24) is 19.0 Å². The summed E-state index contributed by atoms with van der Waals surface area (Å²) in [6.07, 6.45) is 2.46. The highest BCUT2D eigenvalue weighted by Crippen LogP contribution is 2.47. The number of carboxylic acids is 1. The minimum absolute atomic E-state index is 0.0665. The zero-order valence-corrected chi connectivity index (χ0v) is 26.7. The number of aromatic nitrogens is 3. The Balaban J connectivity index is 1.38. The predicted molar refractivity (Wildman–Crippen MR) is 170 cm³/mol. The molecule has 15 heteroatoms. The van der Waals surface area contributed by atoms with Gasteiger partial charge in [-0.15, -0.1) is 0 Å². The van der Waals surface area contributed by atoms with Crippen molar-refractivity contribution in [2.24, 2.45) is 20.0 Å².